The van der Waals surface area contributed by atoms with Crippen molar-refractivity contribution in [1.29, 1.82) is 0 Å². The molecule has 1 aromatic carbocycles. The lowest BCUT2D eigenvalue weighted by molar-refractivity contribution is -0.126. The Morgan fingerprint density at radius 3 is 2.48 bits per heavy atom. The van der Waals surface area contributed by atoms with Gasteiger partial charge in [0.2, 0.25) is 15.9 Å². The number of hydrogen-bond acceptors (Lipinski definition) is 4. The Hall–Kier alpha value is -1.44. The zero-order valence-corrected chi connectivity index (χ0v) is 19.6. The molecule has 2 saturated heterocycles. The van der Waals surface area contributed by atoms with Gasteiger partial charge in [-0.15, -0.1) is 0 Å². The smallest absolute Gasteiger partial charge is 0.243 e. The summed E-state index contributed by atoms with van der Waals surface area (Å²) in [5.74, 6) is 0.845. The maximum Gasteiger partial charge on any atom is 0.243 e. The van der Waals surface area contributed by atoms with Gasteiger partial charge >= 0.3 is 0 Å². The fourth-order valence-corrected chi connectivity index (χ4v) is 6.68. The summed E-state index contributed by atoms with van der Waals surface area (Å²) in [5.41, 5.74) is 2.46. The van der Waals surface area contributed by atoms with Gasteiger partial charge in [-0.3, -0.25) is 4.79 Å². The third kappa shape index (κ3) is 5.49. The normalized spacial score (nSPS) is 21.8. The Labute approximate surface area is 187 Å². The lowest BCUT2D eigenvalue weighted by atomic mass is 9.97. The molecule has 0 aromatic heterocycles. The topological polar surface area (TPSA) is 69.7 Å². The zero-order valence-electron chi connectivity index (χ0n) is 18.8. The number of amides is 1. The van der Waals surface area contributed by atoms with Crippen molar-refractivity contribution in [2.24, 2.45) is 11.8 Å². The second-order valence-electron chi connectivity index (χ2n) is 9.63. The van der Waals surface area contributed by atoms with E-state index in [2.05, 4.69) is 17.1 Å². The largest absolute Gasteiger partial charge is 0.356 e. The van der Waals surface area contributed by atoms with Gasteiger partial charge in [0, 0.05) is 25.6 Å². The molecule has 1 aliphatic carbocycles. The van der Waals surface area contributed by atoms with Crippen LogP contribution in [0.1, 0.15) is 56.6 Å². The molecular formula is C24H37N3O3S. The van der Waals surface area contributed by atoms with Gasteiger partial charge in [-0.1, -0.05) is 13.0 Å². The number of rotatable bonds is 7. The lowest BCUT2D eigenvalue weighted by Crippen LogP contribution is -2.43. The monoisotopic (exact) mass is 447 g/mol. The van der Waals surface area contributed by atoms with Crippen LogP contribution in [-0.4, -0.2) is 62.8 Å². The van der Waals surface area contributed by atoms with E-state index in [1.165, 1.54) is 37.1 Å². The zero-order chi connectivity index (χ0) is 21.8. The minimum atomic E-state index is -3.47. The molecule has 0 unspecified atom stereocenters. The van der Waals surface area contributed by atoms with E-state index in [0.29, 0.717) is 37.4 Å². The summed E-state index contributed by atoms with van der Waals surface area (Å²) in [7, 11) is -3.47. The highest BCUT2D eigenvalue weighted by Gasteiger charge is 2.32. The average Bonchev–Trinajstić information content (AvgIpc) is 3.26. The molecule has 0 radical (unpaired) electrons. The fourth-order valence-electron chi connectivity index (χ4n) is 5.16. The third-order valence-electron chi connectivity index (χ3n) is 7.36. The van der Waals surface area contributed by atoms with Gasteiger partial charge < -0.3 is 10.2 Å². The number of aryl methyl sites for hydroxylation is 2. The third-order valence-corrected chi connectivity index (χ3v) is 9.25. The van der Waals surface area contributed by atoms with Crippen molar-refractivity contribution in [3.8, 4) is 0 Å². The van der Waals surface area contributed by atoms with Gasteiger partial charge in [0.1, 0.15) is 0 Å². The van der Waals surface area contributed by atoms with Crippen LogP contribution in [0.25, 0.3) is 0 Å². The molecule has 172 valence electrons. The maximum absolute atomic E-state index is 13.1. The first-order valence-corrected chi connectivity index (χ1v) is 13.5. The molecule has 1 aromatic rings. The fraction of sp³-hybridized carbons (Fsp3) is 0.708. The Bertz CT molecular complexity index is 870. The molecule has 0 spiro atoms. The summed E-state index contributed by atoms with van der Waals surface area (Å²) in [6.07, 6.45) is 7.85. The molecule has 2 heterocycles. The van der Waals surface area contributed by atoms with Crippen LogP contribution in [0.3, 0.4) is 0 Å². The van der Waals surface area contributed by atoms with Crippen molar-refractivity contribution in [2.75, 3.05) is 39.3 Å². The van der Waals surface area contributed by atoms with Gasteiger partial charge in [-0.2, -0.15) is 4.31 Å². The molecule has 2 fully saturated rings. The summed E-state index contributed by atoms with van der Waals surface area (Å²) in [6.45, 7) is 7.26. The standard InChI is InChI=1S/C24H37N3O3S/c1-19-8-14-26(15-9-19)13-3-12-25-24(28)21-10-16-27(17-11-21)31(29,30)23-7-6-20-4-2-5-22(20)18-23/h6-7,18-19,21H,2-5,8-17H2,1H3,(H,25,28). The van der Waals surface area contributed by atoms with Crippen LogP contribution in [0.5, 0.6) is 0 Å². The number of fused-ring (bicyclic) bond motifs is 1. The van der Waals surface area contributed by atoms with Crippen LogP contribution in [0.2, 0.25) is 0 Å². The van der Waals surface area contributed by atoms with E-state index in [4.69, 9.17) is 0 Å². The van der Waals surface area contributed by atoms with Crippen LogP contribution in [0.4, 0.5) is 0 Å². The summed E-state index contributed by atoms with van der Waals surface area (Å²) >= 11 is 0. The lowest BCUT2D eigenvalue weighted by Gasteiger charge is -2.31. The Morgan fingerprint density at radius 2 is 1.74 bits per heavy atom. The minimum absolute atomic E-state index is 0.0812. The molecule has 3 aliphatic rings. The number of hydrogen-bond donors (Lipinski definition) is 1. The van der Waals surface area contributed by atoms with Gasteiger partial charge in [0.25, 0.3) is 0 Å². The number of benzene rings is 1. The minimum Gasteiger partial charge on any atom is -0.356 e. The molecule has 6 nitrogen and oxygen atoms in total. The van der Waals surface area contributed by atoms with E-state index < -0.39 is 10.0 Å². The first kappa shape index (κ1) is 22.7. The van der Waals surface area contributed by atoms with Crippen molar-refractivity contribution in [3.05, 3.63) is 29.3 Å². The highest BCUT2D eigenvalue weighted by molar-refractivity contribution is 7.89. The summed E-state index contributed by atoms with van der Waals surface area (Å²) in [4.78, 5) is 15.5. The van der Waals surface area contributed by atoms with E-state index in [1.54, 1.807) is 10.4 Å². The summed E-state index contributed by atoms with van der Waals surface area (Å²) in [5, 5.41) is 3.08. The first-order valence-electron chi connectivity index (χ1n) is 12.1. The van der Waals surface area contributed by atoms with Gasteiger partial charge in [-0.05, 0) is 100 Å². The number of carbonyl (C=O) groups excluding carboxylic acids is 1. The van der Waals surface area contributed by atoms with E-state index in [0.717, 1.165) is 38.1 Å². The molecule has 1 N–H and O–H groups in total. The van der Waals surface area contributed by atoms with Crippen molar-refractivity contribution in [2.45, 2.75) is 63.2 Å². The highest BCUT2D eigenvalue weighted by atomic mass is 32.2. The van der Waals surface area contributed by atoms with Crippen LogP contribution >= 0.6 is 0 Å². The van der Waals surface area contributed by atoms with E-state index >= 15 is 0 Å². The van der Waals surface area contributed by atoms with Gasteiger partial charge in [0.15, 0.2) is 0 Å². The second kappa shape index (κ2) is 10.0. The highest BCUT2D eigenvalue weighted by Crippen LogP contribution is 2.28. The Balaban J connectivity index is 1.20. The molecule has 31 heavy (non-hydrogen) atoms. The number of piperidine rings is 2. The second-order valence-corrected chi connectivity index (χ2v) is 11.6. The van der Waals surface area contributed by atoms with Crippen molar-refractivity contribution >= 4 is 15.9 Å². The molecule has 1 amide bonds. The van der Waals surface area contributed by atoms with E-state index in [9.17, 15) is 13.2 Å². The summed E-state index contributed by atoms with van der Waals surface area (Å²) < 4.78 is 27.7. The molecule has 4 rings (SSSR count). The predicted molar refractivity (Wildman–Crippen MR) is 122 cm³/mol. The average molecular weight is 448 g/mol. The van der Waals surface area contributed by atoms with E-state index in [1.807, 2.05) is 12.1 Å². The van der Waals surface area contributed by atoms with Crippen molar-refractivity contribution in [1.82, 2.24) is 14.5 Å². The molecule has 2 aliphatic heterocycles. The Kier molecular flexibility index (Phi) is 7.34. The van der Waals surface area contributed by atoms with Crippen LogP contribution in [-0.2, 0) is 27.7 Å². The van der Waals surface area contributed by atoms with Crippen molar-refractivity contribution < 1.29 is 13.2 Å². The summed E-state index contributed by atoms with van der Waals surface area (Å²) in [6, 6.07) is 5.58. The molecule has 0 saturated carbocycles. The van der Waals surface area contributed by atoms with Gasteiger partial charge in [-0.25, -0.2) is 8.42 Å². The van der Waals surface area contributed by atoms with Gasteiger partial charge in [0.05, 0.1) is 4.90 Å². The van der Waals surface area contributed by atoms with Crippen LogP contribution in [0, 0.1) is 11.8 Å². The Morgan fingerprint density at radius 1 is 1.03 bits per heavy atom. The molecule has 0 bridgehead atoms. The number of carbonyl (C=O) groups is 1. The SMILES string of the molecule is CC1CCN(CCCNC(=O)C2CCN(S(=O)(=O)c3ccc4c(c3)CCC4)CC2)CC1. The number of nitrogens with one attached hydrogen (secondary N) is 1. The first-order chi connectivity index (χ1) is 14.9. The van der Waals surface area contributed by atoms with Crippen molar-refractivity contribution in [3.63, 3.8) is 0 Å². The molecule has 0 atom stereocenters. The molecule has 7 heteroatoms. The predicted octanol–water partition coefficient (Wildman–Crippen LogP) is 2.81. The van der Waals surface area contributed by atoms with Crippen LogP contribution < -0.4 is 5.32 Å². The maximum atomic E-state index is 13.1. The number of likely N-dealkylation sites (tertiary alicyclic amines) is 1. The number of nitrogens with zero attached hydrogens (tertiary/aromatic N) is 2. The van der Waals surface area contributed by atoms with E-state index in [-0.39, 0.29) is 11.8 Å². The quantitative estimate of drug-likeness (QED) is 0.653. The molecular weight excluding hydrogens is 410 g/mol. The number of sulfonamides is 1. The van der Waals surface area contributed by atoms with Crippen LogP contribution in [0.15, 0.2) is 23.1 Å².